The molecule has 1 aromatic heterocycles. The lowest BCUT2D eigenvalue weighted by molar-refractivity contribution is 0.590. The van der Waals surface area contributed by atoms with Gasteiger partial charge in [0.15, 0.2) is 0 Å². The second-order valence-electron chi connectivity index (χ2n) is 4.18. The van der Waals surface area contributed by atoms with Crippen molar-refractivity contribution < 1.29 is 0 Å². The zero-order valence-electron chi connectivity index (χ0n) is 8.82. The number of nitrogens with two attached hydrogens (primary N) is 1. The SMILES string of the molecule is CCCC1CC1n1cncc1CCN. The van der Waals surface area contributed by atoms with Gasteiger partial charge in [-0.3, -0.25) is 0 Å². The number of hydrogen-bond acceptors (Lipinski definition) is 2. The quantitative estimate of drug-likeness (QED) is 0.774. The zero-order valence-corrected chi connectivity index (χ0v) is 8.82. The van der Waals surface area contributed by atoms with E-state index >= 15 is 0 Å². The molecule has 78 valence electrons. The summed E-state index contributed by atoms with van der Waals surface area (Å²) in [7, 11) is 0. The Labute approximate surface area is 85.3 Å². The lowest BCUT2D eigenvalue weighted by Gasteiger charge is -2.06. The smallest absolute Gasteiger partial charge is 0.0950 e. The molecule has 0 bridgehead atoms. The van der Waals surface area contributed by atoms with Crippen LogP contribution in [-0.2, 0) is 6.42 Å². The fourth-order valence-electron chi connectivity index (χ4n) is 2.23. The molecule has 1 aliphatic carbocycles. The molecule has 0 aromatic carbocycles. The highest BCUT2D eigenvalue weighted by Gasteiger charge is 2.38. The number of nitrogens with zero attached hydrogens (tertiary/aromatic N) is 2. The normalized spacial score (nSPS) is 25.3. The van der Waals surface area contributed by atoms with Crippen LogP contribution in [0.25, 0.3) is 0 Å². The van der Waals surface area contributed by atoms with E-state index in [1.807, 2.05) is 12.5 Å². The molecule has 0 radical (unpaired) electrons. The fourth-order valence-corrected chi connectivity index (χ4v) is 2.23. The van der Waals surface area contributed by atoms with Crippen LogP contribution in [0.15, 0.2) is 12.5 Å². The predicted molar refractivity (Wildman–Crippen MR) is 57.0 cm³/mol. The Morgan fingerprint density at radius 1 is 1.64 bits per heavy atom. The third-order valence-electron chi connectivity index (χ3n) is 3.05. The van der Waals surface area contributed by atoms with Crippen molar-refractivity contribution in [2.45, 2.75) is 38.6 Å². The number of hydrogen-bond donors (Lipinski definition) is 1. The van der Waals surface area contributed by atoms with Crippen molar-refractivity contribution in [3.05, 3.63) is 18.2 Å². The van der Waals surface area contributed by atoms with Gasteiger partial charge >= 0.3 is 0 Å². The van der Waals surface area contributed by atoms with Crippen molar-refractivity contribution in [2.24, 2.45) is 11.7 Å². The minimum atomic E-state index is 0.719. The van der Waals surface area contributed by atoms with E-state index in [1.54, 1.807) is 0 Å². The molecule has 0 amide bonds. The second-order valence-corrected chi connectivity index (χ2v) is 4.18. The Balaban J connectivity index is 1.99. The van der Waals surface area contributed by atoms with E-state index in [9.17, 15) is 0 Å². The number of imidazole rings is 1. The molecule has 1 aliphatic rings. The Morgan fingerprint density at radius 2 is 2.50 bits per heavy atom. The van der Waals surface area contributed by atoms with Crippen LogP contribution in [-0.4, -0.2) is 16.1 Å². The Hall–Kier alpha value is -0.830. The van der Waals surface area contributed by atoms with E-state index < -0.39 is 0 Å². The summed E-state index contributed by atoms with van der Waals surface area (Å²) in [6, 6.07) is 0.721. The van der Waals surface area contributed by atoms with Gasteiger partial charge in [-0.15, -0.1) is 0 Å². The van der Waals surface area contributed by atoms with Crippen LogP contribution in [0.5, 0.6) is 0 Å². The van der Waals surface area contributed by atoms with Gasteiger partial charge < -0.3 is 10.3 Å². The van der Waals surface area contributed by atoms with Crippen LogP contribution in [0, 0.1) is 5.92 Å². The van der Waals surface area contributed by atoms with Crippen LogP contribution < -0.4 is 5.73 Å². The lowest BCUT2D eigenvalue weighted by Crippen LogP contribution is -2.08. The minimum absolute atomic E-state index is 0.719. The lowest BCUT2D eigenvalue weighted by atomic mass is 10.2. The highest BCUT2D eigenvalue weighted by Crippen LogP contribution is 2.46. The first-order valence-corrected chi connectivity index (χ1v) is 5.57. The van der Waals surface area contributed by atoms with E-state index in [0.29, 0.717) is 0 Å². The van der Waals surface area contributed by atoms with E-state index in [-0.39, 0.29) is 0 Å². The summed E-state index contributed by atoms with van der Waals surface area (Å²) < 4.78 is 2.33. The van der Waals surface area contributed by atoms with Gasteiger partial charge in [-0.2, -0.15) is 0 Å². The molecule has 2 rings (SSSR count). The van der Waals surface area contributed by atoms with Gasteiger partial charge in [0.05, 0.1) is 6.33 Å². The minimum Gasteiger partial charge on any atom is -0.331 e. The molecule has 3 heteroatoms. The highest BCUT2D eigenvalue weighted by molar-refractivity contribution is 5.06. The van der Waals surface area contributed by atoms with Gasteiger partial charge in [0.1, 0.15) is 0 Å². The van der Waals surface area contributed by atoms with E-state index in [0.717, 1.165) is 24.9 Å². The third kappa shape index (κ3) is 1.82. The topological polar surface area (TPSA) is 43.8 Å². The molecular formula is C11H19N3. The van der Waals surface area contributed by atoms with Crippen molar-refractivity contribution in [1.82, 2.24) is 9.55 Å². The third-order valence-corrected chi connectivity index (χ3v) is 3.05. The van der Waals surface area contributed by atoms with Gasteiger partial charge in [-0.1, -0.05) is 13.3 Å². The van der Waals surface area contributed by atoms with Gasteiger partial charge in [0, 0.05) is 24.4 Å². The molecule has 0 spiro atoms. The molecule has 1 heterocycles. The molecule has 2 atom stereocenters. The van der Waals surface area contributed by atoms with Gasteiger partial charge in [-0.25, -0.2) is 4.98 Å². The standard InChI is InChI=1S/C11H19N3/c1-2-3-9-6-11(9)14-8-13-7-10(14)4-5-12/h7-9,11H,2-6,12H2,1H3. The number of aromatic nitrogens is 2. The van der Waals surface area contributed by atoms with Crippen LogP contribution in [0.3, 0.4) is 0 Å². The maximum Gasteiger partial charge on any atom is 0.0950 e. The second kappa shape index (κ2) is 4.13. The van der Waals surface area contributed by atoms with Crippen LogP contribution in [0.1, 0.15) is 37.9 Å². The van der Waals surface area contributed by atoms with E-state index in [1.165, 1.54) is 25.0 Å². The van der Waals surface area contributed by atoms with E-state index in [2.05, 4.69) is 16.5 Å². The monoisotopic (exact) mass is 193 g/mol. The van der Waals surface area contributed by atoms with Crippen molar-refractivity contribution in [3.8, 4) is 0 Å². The summed E-state index contributed by atoms with van der Waals surface area (Å²) in [4.78, 5) is 4.20. The summed E-state index contributed by atoms with van der Waals surface area (Å²) in [5.41, 5.74) is 6.86. The van der Waals surface area contributed by atoms with Crippen molar-refractivity contribution in [2.75, 3.05) is 6.54 Å². The maximum atomic E-state index is 5.56. The largest absolute Gasteiger partial charge is 0.331 e. The summed E-state index contributed by atoms with van der Waals surface area (Å²) in [6.45, 7) is 2.97. The summed E-state index contributed by atoms with van der Waals surface area (Å²) in [5.74, 6) is 0.894. The molecule has 14 heavy (non-hydrogen) atoms. The zero-order chi connectivity index (χ0) is 9.97. The molecule has 1 fully saturated rings. The molecule has 0 aliphatic heterocycles. The van der Waals surface area contributed by atoms with Crippen molar-refractivity contribution in [3.63, 3.8) is 0 Å². The summed E-state index contributed by atoms with van der Waals surface area (Å²) >= 11 is 0. The first kappa shape index (κ1) is 9.71. The van der Waals surface area contributed by atoms with Gasteiger partial charge in [0.2, 0.25) is 0 Å². The van der Waals surface area contributed by atoms with Crippen LogP contribution in [0.2, 0.25) is 0 Å². The van der Waals surface area contributed by atoms with Crippen LogP contribution in [0.4, 0.5) is 0 Å². The molecule has 0 saturated heterocycles. The van der Waals surface area contributed by atoms with Crippen molar-refractivity contribution >= 4 is 0 Å². The fraction of sp³-hybridized carbons (Fsp3) is 0.727. The molecule has 2 unspecified atom stereocenters. The molecule has 1 aromatic rings. The van der Waals surface area contributed by atoms with Gasteiger partial charge in [0.25, 0.3) is 0 Å². The van der Waals surface area contributed by atoms with Crippen molar-refractivity contribution in [1.29, 1.82) is 0 Å². The van der Waals surface area contributed by atoms with Crippen LogP contribution >= 0.6 is 0 Å². The average molecular weight is 193 g/mol. The Bertz CT molecular complexity index is 292. The number of rotatable bonds is 5. The summed E-state index contributed by atoms with van der Waals surface area (Å²) in [6.07, 6.45) is 8.85. The molecular weight excluding hydrogens is 174 g/mol. The average Bonchev–Trinajstić information content (AvgIpc) is 2.77. The maximum absolute atomic E-state index is 5.56. The Morgan fingerprint density at radius 3 is 3.21 bits per heavy atom. The first-order chi connectivity index (χ1) is 6.86. The molecule has 1 saturated carbocycles. The summed E-state index contributed by atoms with van der Waals surface area (Å²) in [5, 5.41) is 0. The molecule has 3 nitrogen and oxygen atoms in total. The Kier molecular flexibility index (Phi) is 2.87. The molecule has 2 N–H and O–H groups in total. The van der Waals surface area contributed by atoms with Gasteiger partial charge in [-0.05, 0) is 25.3 Å². The first-order valence-electron chi connectivity index (χ1n) is 5.57. The highest BCUT2D eigenvalue weighted by atomic mass is 15.1. The van der Waals surface area contributed by atoms with E-state index in [4.69, 9.17) is 5.73 Å². The predicted octanol–water partition coefficient (Wildman–Crippen LogP) is 1.75.